The number of nitrogens with zero attached hydrogens (tertiary/aromatic N) is 3. The van der Waals surface area contributed by atoms with E-state index < -0.39 is 17.2 Å². The summed E-state index contributed by atoms with van der Waals surface area (Å²) in [6.07, 6.45) is -4.55. The van der Waals surface area contributed by atoms with Gasteiger partial charge in [-0.25, -0.2) is 15.0 Å². The van der Waals surface area contributed by atoms with Crippen molar-refractivity contribution in [1.29, 1.82) is 0 Å². The molecule has 9 heteroatoms. The fourth-order valence-corrected chi connectivity index (χ4v) is 2.22. The summed E-state index contributed by atoms with van der Waals surface area (Å²) in [7, 11) is 0. The maximum absolute atomic E-state index is 12.5. The van der Waals surface area contributed by atoms with Crippen molar-refractivity contribution in [3.8, 4) is 0 Å². The van der Waals surface area contributed by atoms with Gasteiger partial charge in [-0.05, 0) is 18.5 Å². The van der Waals surface area contributed by atoms with Gasteiger partial charge < -0.3 is 5.32 Å². The number of alkyl halides is 3. The van der Waals surface area contributed by atoms with Gasteiger partial charge in [0.25, 0.3) is 0 Å². The Morgan fingerprint density at radius 1 is 1.37 bits per heavy atom. The van der Waals surface area contributed by atoms with Crippen molar-refractivity contribution in [2.24, 2.45) is 0 Å². The Morgan fingerprint density at radius 3 is 2.68 bits per heavy atom. The topological polar surface area (TPSA) is 50.7 Å². The van der Waals surface area contributed by atoms with E-state index >= 15 is 0 Å². The minimum Gasteiger partial charge on any atom is -0.365 e. The number of hydrogen-bond acceptors (Lipinski definition) is 5. The van der Waals surface area contributed by atoms with Gasteiger partial charge in [0.1, 0.15) is 5.82 Å². The fourth-order valence-electron chi connectivity index (χ4n) is 1.32. The first-order valence-electron chi connectivity index (χ1n) is 5.11. The first kappa shape index (κ1) is 14.0. The Hall–Kier alpha value is -1.41. The molecule has 0 spiro atoms. The molecule has 2 heterocycles. The van der Waals surface area contributed by atoms with Gasteiger partial charge in [0.2, 0.25) is 5.28 Å². The number of anilines is 1. The number of nitrogens with one attached hydrogen (secondary N) is 1. The lowest BCUT2D eigenvalue weighted by atomic mass is 10.3. The maximum Gasteiger partial charge on any atom is 0.433 e. The molecular formula is C10H8ClF3N4S. The molecule has 102 valence electrons. The number of hydrogen-bond donors (Lipinski definition) is 1. The number of thiazole rings is 1. The highest BCUT2D eigenvalue weighted by atomic mass is 35.5. The Labute approximate surface area is 115 Å². The molecule has 0 radical (unpaired) electrons. The number of aromatic nitrogens is 3. The van der Waals surface area contributed by atoms with Crippen LogP contribution >= 0.6 is 22.9 Å². The normalized spacial score (nSPS) is 11.6. The second kappa shape index (κ2) is 5.30. The third kappa shape index (κ3) is 3.54. The predicted octanol–water partition coefficient (Wildman–Crippen LogP) is 3.53. The van der Waals surface area contributed by atoms with Crippen LogP contribution in [0.1, 0.15) is 16.3 Å². The summed E-state index contributed by atoms with van der Waals surface area (Å²) >= 11 is 6.89. The van der Waals surface area contributed by atoms with Crippen molar-refractivity contribution < 1.29 is 13.2 Å². The molecule has 0 unspecified atom stereocenters. The zero-order valence-corrected chi connectivity index (χ0v) is 11.2. The van der Waals surface area contributed by atoms with Gasteiger partial charge in [-0.3, -0.25) is 0 Å². The van der Waals surface area contributed by atoms with Crippen molar-refractivity contribution in [1.82, 2.24) is 15.0 Å². The lowest BCUT2D eigenvalue weighted by molar-refractivity contribution is -0.141. The zero-order valence-electron chi connectivity index (χ0n) is 9.62. The number of halogens is 4. The largest absolute Gasteiger partial charge is 0.433 e. The van der Waals surface area contributed by atoms with Crippen LogP contribution in [0.5, 0.6) is 0 Å². The molecule has 2 rings (SSSR count). The van der Waals surface area contributed by atoms with Crippen molar-refractivity contribution in [2.75, 3.05) is 5.32 Å². The van der Waals surface area contributed by atoms with Crippen LogP contribution in [0.2, 0.25) is 5.28 Å². The number of rotatable bonds is 3. The first-order valence-corrected chi connectivity index (χ1v) is 6.36. The molecule has 0 aliphatic carbocycles. The molecule has 0 aromatic carbocycles. The fraction of sp³-hybridized carbons (Fsp3) is 0.300. The quantitative estimate of drug-likeness (QED) is 0.881. The van der Waals surface area contributed by atoms with Crippen LogP contribution in [0, 0.1) is 6.92 Å². The van der Waals surface area contributed by atoms with E-state index in [-0.39, 0.29) is 5.82 Å². The van der Waals surface area contributed by atoms with Crippen LogP contribution in [-0.2, 0) is 12.7 Å². The van der Waals surface area contributed by atoms with Crippen LogP contribution in [0.15, 0.2) is 11.6 Å². The van der Waals surface area contributed by atoms with E-state index in [0.29, 0.717) is 6.54 Å². The molecular weight excluding hydrogens is 301 g/mol. The summed E-state index contributed by atoms with van der Waals surface area (Å²) in [5.41, 5.74) is 1.42. The molecule has 0 amide bonds. The summed E-state index contributed by atoms with van der Waals surface area (Å²) in [6, 6.07) is 0.822. The van der Waals surface area contributed by atoms with Gasteiger partial charge in [-0.2, -0.15) is 13.2 Å². The second-order valence-electron chi connectivity index (χ2n) is 3.62. The maximum atomic E-state index is 12.5. The number of aryl methyl sites for hydroxylation is 1. The molecule has 1 N–H and O–H groups in total. The third-order valence-corrected chi connectivity index (χ3v) is 3.37. The predicted molar refractivity (Wildman–Crippen MR) is 66.2 cm³/mol. The highest BCUT2D eigenvalue weighted by Gasteiger charge is 2.33. The molecule has 2 aromatic rings. The van der Waals surface area contributed by atoms with Gasteiger partial charge in [0.05, 0.1) is 17.7 Å². The molecule has 0 aliphatic rings. The van der Waals surface area contributed by atoms with Crippen LogP contribution in [-0.4, -0.2) is 15.0 Å². The van der Waals surface area contributed by atoms with E-state index in [1.165, 1.54) is 11.3 Å². The smallest absolute Gasteiger partial charge is 0.365 e. The van der Waals surface area contributed by atoms with E-state index in [9.17, 15) is 13.2 Å². The molecule has 0 atom stereocenters. The molecule has 4 nitrogen and oxygen atoms in total. The van der Waals surface area contributed by atoms with Crippen LogP contribution in [0.3, 0.4) is 0 Å². The van der Waals surface area contributed by atoms with Gasteiger partial charge in [0, 0.05) is 10.9 Å². The van der Waals surface area contributed by atoms with Gasteiger partial charge >= 0.3 is 6.18 Å². The van der Waals surface area contributed by atoms with Crippen molar-refractivity contribution in [3.05, 3.63) is 33.1 Å². The monoisotopic (exact) mass is 308 g/mol. The van der Waals surface area contributed by atoms with E-state index in [1.807, 2.05) is 6.92 Å². The van der Waals surface area contributed by atoms with E-state index in [1.54, 1.807) is 5.51 Å². The van der Waals surface area contributed by atoms with Crippen LogP contribution in [0.25, 0.3) is 0 Å². The van der Waals surface area contributed by atoms with E-state index in [2.05, 4.69) is 20.3 Å². The summed E-state index contributed by atoms with van der Waals surface area (Å²) < 4.78 is 37.6. The standard InChI is InChI=1S/C10H8ClF3N4S/c1-5-6(19-4-16-5)3-15-8-2-7(10(12,13)14)17-9(11)18-8/h2,4H,3H2,1H3,(H,15,17,18). The minimum atomic E-state index is -4.55. The average Bonchev–Trinajstić information content (AvgIpc) is 2.70. The summed E-state index contributed by atoms with van der Waals surface area (Å²) in [4.78, 5) is 11.8. The first-order chi connectivity index (χ1) is 8.86. The lowest BCUT2D eigenvalue weighted by Crippen LogP contribution is -2.11. The minimum absolute atomic E-state index is 0.0279. The third-order valence-electron chi connectivity index (χ3n) is 2.26. The van der Waals surface area contributed by atoms with Gasteiger partial charge in [-0.15, -0.1) is 11.3 Å². The molecule has 0 bridgehead atoms. The highest BCUT2D eigenvalue weighted by molar-refractivity contribution is 7.09. The Bertz CT molecular complexity index is 584. The van der Waals surface area contributed by atoms with Crippen molar-refractivity contribution >= 4 is 28.8 Å². The average molecular weight is 309 g/mol. The van der Waals surface area contributed by atoms with Crippen molar-refractivity contribution in [3.63, 3.8) is 0 Å². The Balaban J connectivity index is 2.17. The van der Waals surface area contributed by atoms with Crippen molar-refractivity contribution in [2.45, 2.75) is 19.6 Å². The Morgan fingerprint density at radius 2 is 2.11 bits per heavy atom. The summed E-state index contributed by atoms with van der Waals surface area (Å²) in [5, 5.41) is 2.33. The molecule has 0 saturated carbocycles. The van der Waals surface area contributed by atoms with E-state index in [4.69, 9.17) is 11.6 Å². The molecule has 0 saturated heterocycles. The Kier molecular flexibility index (Phi) is 3.91. The molecule has 19 heavy (non-hydrogen) atoms. The van der Waals surface area contributed by atoms with Crippen LogP contribution < -0.4 is 5.32 Å². The molecule has 0 aliphatic heterocycles. The summed E-state index contributed by atoms with van der Waals surface area (Å²) in [5.74, 6) is 0.0279. The zero-order chi connectivity index (χ0) is 14.0. The second-order valence-corrected chi connectivity index (χ2v) is 4.90. The SMILES string of the molecule is Cc1ncsc1CNc1cc(C(F)(F)F)nc(Cl)n1. The molecule has 2 aromatic heterocycles. The highest BCUT2D eigenvalue weighted by Crippen LogP contribution is 2.29. The lowest BCUT2D eigenvalue weighted by Gasteiger charge is -2.09. The molecule has 0 fully saturated rings. The summed E-state index contributed by atoms with van der Waals surface area (Å²) in [6.45, 7) is 2.16. The van der Waals surface area contributed by atoms with Gasteiger partial charge in [0.15, 0.2) is 5.69 Å². The van der Waals surface area contributed by atoms with E-state index in [0.717, 1.165) is 16.6 Å². The van der Waals surface area contributed by atoms with Gasteiger partial charge in [-0.1, -0.05) is 0 Å². The van der Waals surface area contributed by atoms with Crippen LogP contribution in [0.4, 0.5) is 19.0 Å².